The summed E-state index contributed by atoms with van der Waals surface area (Å²) in [6.45, 7) is 0. The van der Waals surface area contributed by atoms with Gasteiger partial charge in [0.1, 0.15) is 11.7 Å². The number of rotatable bonds is 1. The number of urea groups is 1. The van der Waals surface area contributed by atoms with Gasteiger partial charge in [0.2, 0.25) is 0 Å². The number of amides is 3. The SMILES string of the molecule is CO[C@@]12C[C@@H]3[C@@H](NC(=O)c4ccc(Br)n43)[C@@H]1NC(=O)N2C. The molecule has 2 fully saturated rings. The van der Waals surface area contributed by atoms with Crippen LogP contribution >= 0.6 is 15.9 Å². The van der Waals surface area contributed by atoms with Gasteiger partial charge < -0.3 is 19.9 Å². The molecule has 1 aromatic heterocycles. The van der Waals surface area contributed by atoms with Crippen molar-refractivity contribution < 1.29 is 14.3 Å². The fourth-order valence-electron chi connectivity index (χ4n) is 3.96. The summed E-state index contributed by atoms with van der Waals surface area (Å²) < 4.78 is 8.58. The molecule has 3 heterocycles. The van der Waals surface area contributed by atoms with E-state index in [4.69, 9.17) is 4.74 Å². The molecule has 3 amide bonds. The van der Waals surface area contributed by atoms with Gasteiger partial charge in [-0.3, -0.25) is 9.69 Å². The van der Waals surface area contributed by atoms with E-state index in [-0.39, 0.29) is 30.1 Å². The first-order chi connectivity index (χ1) is 9.99. The van der Waals surface area contributed by atoms with E-state index < -0.39 is 5.72 Å². The first-order valence-electron chi connectivity index (χ1n) is 6.76. The Morgan fingerprint density at radius 3 is 2.86 bits per heavy atom. The summed E-state index contributed by atoms with van der Waals surface area (Å²) in [6, 6.07) is 3.07. The molecule has 4 rings (SSSR count). The Hall–Kier alpha value is -1.54. The summed E-state index contributed by atoms with van der Waals surface area (Å²) in [5.41, 5.74) is -0.103. The Morgan fingerprint density at radius 2 is 2.14 bits per heavy atom. The molecule has 1 aliphatic carbocycles. The number of nitrogens with one attached hydrogen (secondary N) is 2. The summed E-state index contributed by atoms with van der Waals surface area (Å²) in [7, 11) is 3.33. The van der Waals surface area contributed by atoms with E-state index in [1.807, 2.05) is 10.6 Å². The Balaban J connectivity index is 1.84. The maximum Gasteiger partial charge on any atom is 0.319 e. The third kappa shape index (κ3) is 1.41. The summed E-state index contributed by atoms with van der Waals surface area (Å²) in [4.78, 5) is 25.8. The molecule has 0 bridgehead atoms. The highest BCUT2D eigenvalue weighted by atomic mass is 79.9. The lowest BCUT2D eigenvalue weighted by Crippen LogP contribution is -2.56. The molecule has 3 aliphatic rings. The number of likely N-dealkylation sites (N-methyl/N-ethyl adjacent to an activating group) is 1. The zero-order valence-electron chi connectivity index (χ0n) is 11.6. The predicted octanol–water partition coefficient (Wildman–Crippen LogP) is 0.674. The van der Waals surface area contributed by atoms with Crippen molar-refractivity contribution in [3.63, 3.8) is 0 Å². The van der Waals surface area contributed by atoms with E-state index >= 15 is 0 Å². The maximum absolute atomic E-state index is 12.3. The molecule has 1 aromatic rings. The molecule has 112 valence electrons. The molecular formula is C13H15BrN4O3. The fraction of sp³-hybridized carbons (Fsp3) is 0.538. The molecule has 7 nitrogen and oxygen atoms in total. The van der Waals surface area contributed by atoms with Crippen LogP contribution in [0.2, 0.25) is 0 Å². The van der Waals surface area contributed by atoms with Crippen LogP contribution in [-0.4, -0.2) is 53.4 Å². The number of methoxy groups -OCH3 is 1. The van der Waals surface area contributed by atoms with Crippen LogP contribution < -0.4 is 10.6 Å². The lowest BCUT2D eigenvalue weighted by Gasteiger charge is -2.33. The van der Waals surface area contributed by atoms with Gasteiger partial charge in [-0.1, -0.05) is 0 Å². The van der Waals surface area contributed by atoms with E-state index in [0.717, 1.165) is 4.60 Å². The topological polar surface area (TPSA) is 75.6 Å². The summed E-state index contributed by atoms with van der Waals surface area (Å²) >= 11 is 3.50. The van der Waals surface area contributed by atoms with Gasteiger partial charge in [-0.2, -0.15) is 0 Å². The van der Waals surface area contributed by atoms with Crippen LogP contribution in [0.1, 0.15) is 23.0 Å². The van der Waals surface area contributed by atoms with Crippen molar-refractivity contribution in [3.05, 3.63) is 22.4 Å². The second kappa shape index (κ2) is 4.01. The second-order valence-electron chi connectivity index (χ2n) is 5.72. The normalized spacial score (nSPS) is 36.9. The average molecular weight is 355 g/mol. The molecule has 2 N–H and O–H groups in total. The van der Waals surface area contributed by atoms with Gasteiger partial charge in [0.25, 0.3) is 5.91 Å². The first kappa shape index (κ1) is 13.1. The number of fused-ring (bicyclic) bond motifs is 5. The Kier molecular flexibility index (Phi) is 2.51. The summed E-state index contributed by atoms with van der Waals surface area (Å²) in [5.74, 6) is -0.127. The van der Waals surface area contributed by atoms with Crippen LogP contribution in [0.3, 0.4) is 0 Å². The number of aromatic nitrogens is 1. The van der Waals surface area contributed by atoms with Crippen molar-refractivity contribution in [2.45, 2.75) is 30.3 Å². The molecule has 2 aliphatic heterocycles. The van der Waals surface area contributed by atoms with E-state index in [1.54, 1.807) is 25.1 Å². The smallest absolute Gasteiger partial charge is 0.319 e. The third-order valence-electron chi connectivity index (χ3n) is 5.00. The average Bonchev–Trinajstić information content (AvgIpc) is 3.06. The van der Waals surface area contributed by atoms with Crippen molar-refractivity contribution in [2.24, 2.45) is 0 Å². The van der Waals surface area contributed by atoms with Crippen LogP contribution in [0.4, 0.5) is 4.79 Å². The van der Waals surface area contributed by atoms with Crippen LogP contribution in [0.5, 0.6) is 0 Å². The standard InChI is InChI=1S/C13H15BrN4O3/c1-17-12(20)16-10-9-7(5-13(10,17)21-2)18-6(11(19)15-9)3-4-8(18)14/h3-4,7,9-10H,5H2,1-2H3,(H,15,19)(H,16,20)/t7-,9-,10+,13+/m1/s1. The Labute approximate surface area is 129 Å². The van der Waals surface area contributed by atoms with Crippen LogP contribution in [-0.2, 0) is 4.74 Å². The van der Waals surface area contributed by atoms with Crippen LogP contribution in [0.15, 0.2) is 16.7 Å². The van der Waals surface area contributed by atoms with Gasteiger partial charge in [-0.15, -0.1) is 0 Å². The minimum Gasteiger partial charge on any atom is -0.356 e. The predicted molar refractivity (Wildman–Crippen MR) is 76.9 cm³/mol. The molecule has 1 saturated carbocycles. The molecule has 1 saturated heterocycles. The molecule has 4 atom stereocenters. The number of nitrogens with zero attached hydrogens (tertiary/aromatic N) is 2. The number of hydrogen-bond donors (Lipinski definition) is 2. The molecule has 0 spiro atoms. The van der Waals surface area contributed by atoms with Gasteiger partial charge in [0.05, 0.1) is 16.7 Å². The Morgan fingerprint density at radius 1 is 1.38 bits per heavy atom. The number of ether oxygens (including phenoxy) is 1. The van der Waals surface area contributed by atoms with Gasteiger partial charge in [0, 0.05) is 20.6 Å². The maximum atomic E-state index is 12.3. The highest BCUT2D eigenvalue weighted by molar-refractivity contribution is 9.10. The number of carbonyl (C=O) groups excluding carboxylic acids is 2. The largest absolute Gasteiger partial charge is 0.356 e. The second-order valence-corrected chi connectivity index (χ2v) is 6.53. The van der Waals surface area contributed by atoms with E-state index in [0.29, 0.717) is 12.1 Å². The minimum absolute atomic E-state index is 0.0371. The van der Waals surface area contributed by atoms with Crippen molar-refractivity contribution >= 4 is 27.9 Å². The molecule has 0 aromatic carbocycles. The van der Waals surface area contributed by atoms with E-state index in [2.05, 4.69) is 26.6 Å². The number of hydrogen-bond acceptors (Lipinski definition) is 3. The van der Waals surface area contributed by atoms with E-state index in [9.17, 15) is 9.59 Å². The molecule has 21 heavy (non-hydrogen) atoms. The fourth-order valence-corrected chi connectivity index (χ4v) is 4.54. The summed E-state index contributed by atoms with van der Waals surface area (Å²) in [5, 5.41) is 5.96. The molecule has 0 radical (unpaired) electrons. The highest BCUT2D eigenvalue weighted by Crippen LogP contribution is 2.48. The highest BCUT2D eigenvalue weighted by Gasteiger charge is 2.64. The van der Waals surface area contributed by atoms with Crippen molar-refractivity contribution in [2.75, 3.05) is 14.2 Å². The van der Waals surface area contributed by atoms with Crippen molar-refractivity contribution in [1.82, 2.24) is 20.1 Å². The van der Waals surface area contributed by atoms with Gasteiger partial charge >= 0.3 is 6.03 Å². The summed E-state index contributed by atoms with van der Waals surface area (Å²) in [6.07, 6.45) is 0.620. The first-order valence-corrected chi connectivity index (χ1v) is 7.56. The van der Waals surface area contributed by atoms with Crippen molar-refractivity contribution in [1.29, 1.82) is 0 Å². The van der Waals surface area contributed by atoms with E-state index in [1.165, 1.54) is 0 Å². The van der Waals surface area contributed by atoms with Crippen LogP contribution in [0.25, 0.3) is 0 Å². The minimum atomic E-state index is -0.731. The quantitative estimate of drug-likeness (QED) is 0.778. The van der Waals surface area contributed by atoms with Crippen LogP contribution in [0, 0.1) is 0 Å². The van der Waals surface area contributed by atoms with Gasteiger partial charge in [0.15, 0.2) is 5.72 Å². The Bertz CT molecular complexity index is 660. The lowest BCUT2D eigenvalue weighted by atomic mass is 10.1. The zero-order chi connectivity index (χ0) is 14.9. The number of halogens is 1. The molecular weight excluding hydrogens is 340 g/mol. The third-order valence-corrected chi connectivity index (χ3v) is 5.64. The monoisotopic (exact) mass is 354 g/mol. The lowest BCUT2D eigenvalue weighted by molar-refractivity contribution is -0.0913. The molecule has 8 heteroatoms. The zero-order valence-corrected chi connectivity index (χ0v) is 13.2. The molecule has 0 unspecified atom stereocenters. The van der Waals surface area contributed by atoms with Crippen molar-refractivity contribution in [3.8, 4) is 0 Å². The van der Waals surface area contributed by atoms with Gasteiger partial charge in [-0.05, 0) is 28.1 Å². The van der Waals surface area contributed by atoms with Gasteiger partial charge in [-0.25, -0.2) is 4.79 Å². The number of carbonyl (C=O) groups is 2.